The van der Waals surface area contributed by atoms with Crippen molar-refractivity contribution < 1.29 is 39.3 Å². The first-order valence-electron chi connectivity index (χ1n) is 10.2. The van der Waals surface area contributed by atoms with E-state index in [1.165, 1.54) is 24.3 Å². The number of benzene rings is 1. The van der Waals surface area contributed by atoms with Crippen LogP contribution in [0.2, 0.25) is 0 Å². The zero-order valence-corrected chi connectivity index (χ0v) is 19.0. The van der Waals surface area contributed by atoms with Crippen molar-refractivity contribution in [1.29, 1.82) is 0 Å². The molecular weight excluding hydrogens is 470 g/mol. The number of aliphatic hydroxyl groups excluding tert-OH is 1. The number of nitrogens with two attached hydrogens (primary N) is 2. The molecule has 4 amide bonds. The molecule has 0 spiro atoms. The molecule has 188 valence electrons. The number of aliphatic carboxylic acids is 1. The maximum atomic E-state index is 12.9. The number of carboxylic acid groups (broad SMARTS) is 1. The number of aromatic hydroxyl groups is 1. The first-order chi connectivity index (χ1) is 16.0. The number of carbonyl (C=O) groups is 5. The quantitative estimate of drug-likeness (QED) is 0.118. The summed E-state index contributed by atoms with van der Waals surface area (Å²) in [6, 6.07) is 0.408. The van der Waals surface area contributed by atoms with Crippen molar-refractivity contribution >= 4 is 42.2 Å². The van der Waals surface area contributed by atoms with Gasteiger partial charge in [-0.05, 0) is 24.1 Å². The Kier molecular flexibility index (Phi) is 11.8. The zero-order valence-electron chi connectivity index (χ0n) is 18.1. The van der Waals surface area contributed by atoms with Crippen LogP contribution in [0.25, 0.3) is 0 Å². The summed E-state index contributed by atoms with van der Waals surface area (Å²) in [5.74, 6) is -4.75. The van der Waals surface area contributed by atoms with Crippen molar-refractivity contribution in [2.45, 2.75) is 43.4 Å². The van der Waals surface area contributed by atoms with Gasteiger partial charge in [-0.25, -0.2) is 4.79 Å². The third-order valence-electron chi connectivity index (χ3n) is 4.65. The van der Waals surface area contributed by atoms with E-state index in [4.69, 9.17) is 16.6 Å². The number of amides is 4. The molecule has 14 heteroatoms. The molecule has 13 nitrogen and oxygen atoms in total. The molecule has 0 heterocycles. The van der Waals surface area contributed by atoms with Crippen molar-refractivity contribution in [1.82, 2.24) is 16.0 Å². The molecule has 1 aromatic carbocycles. The van der Waals surface area contributed by atoms with Crippen LogP contribution in [-0.4, -0.2) is 81.4 Å². The zero-order chi connectivity index (χ0) is 25.8. The molecule has 1 aromatic rings. The van der Waals surface area contributed by atoms with Gasteiger partial charge in [-0.3, -0.25) is 19.2 Å². The second-order valence-corrected chi connectivity index (χ2v) is 7.73. The lowest BCUT2D eigenvalue weighted by molar-refractivity contribution is -0.143. The highest BCUT2D eigenvalue weighted by Gasteiger charge is 2.30. The summed E-state index contributed by atoms with van der Waals surface area (Å²) in [5.41, 5.74) is 11.2. The van der Waals surface area contributed by atoms with E-state index in [9.17, 15) is 34.2 Å². The van der Waals surface area contributed by atoms with Gasteiger partial charge in [-0.15, -0.1) is 0 Å². The molecule has 4 unspecified atom stereocenters. The van der Waals surface area contributed by atoms with Crippen LogP contribution in [0, 0.1) is 0 Å². The smallest absolute Gasteiger partial charge is 0.328 e. The summed E-state index contributed by atoms with van der Waals surface area (Å²) in [6.45, 7) is -0.889. The molecule has 0 saturated heterocycles. The van der Waals surface area contributed by atoms with E-state index < -0.39 is 60.4 Å². The number of hydrogen-bond donors (Lipinski definition) is 9. The minimum Gasteiger partial charge on any atom is -0.508 e. The van der Waals surface area contributed by atoms with Gasteiger partial charge in [-0.1, -0.05) is 12.1 Å². The van der Waals surface area contributed by atoms with Gasteiger partial charge in [0.2, 0.25) is 23.6 Å². The molecule has 0 bridgehead atoms. The predicted octanol–water partition coefficient (Wildman–Crippen LogP) is -3.01. The third-order valence-corrected chi connectivity index (χ3v) is 5.05. The lowest BCUT2D eigenvalue weighted by Gasteiger charge is -2.25. The Balaban J connectivity index is 3.12. The van der Waals surface area contributed by atoms with Gasteiger partial charge in [0, 0.05) is 18.6 Å². The first-order valence-corrected chi connectivity index (χ1v) is 10.8. The highest BCUT2D eigenvalue weighted by molar-refractivity contribution is 7.80. The number of carboxylic acids is 1. The number of carbonyl (C=O) groups excluding carboxylic acids is 4. The van der Waals surface area contributed by atoms with Gasteiger partial charge < -0.3 is 42.7 Å². The number of hydrogen-bond acceptors (Lipinski definition) is 9. The molecule has 0 aliphatic carbocycles. The van der Waals surface area contributed by atoms with E-state index in [2.05, 4.69) is 28.6 Å². The van der Waals surface area contributed by atoms with Crippen molar-refractivity contribution in [3.8, 4) is 5.75 Å². The maximum absolute atomic E-state index is 12.9. The topological polar surface area (TPSA) is 234 Å². The molecule has 34 heavy (non-hydrogen) atoms. The van der Waals surface area contributed by atoms with Crippen LogP contribution in [0.3, 0.4) is 0 Å². The highest BCUT2D eigenvalue weighted by Crippen LogP contribution is 2.12. The van der Waals surface area contributed by atoms with Gasteiger partial charge in [-0.2, -0.15) is 12.6 Å². The Bertz CT molecular complexity index is 882. The van der Waals surface area contributed by atoms with Gasteiger partial charge in [0.15, 0.2) is 0 Å². The van der Waals surface area contributed by atoms with Crippen LogP contribution in [0.1, 0.15) is 18.4 Å². The Morgan fingerprint density at radius 1 is 0.912 bits per heavy atom. The van der Waals surface area contributed by atoms with E-state index in [1.807, 2.05) is 0 Å². The normalized spacial score (nSPS) is 14.2. The molecule has 10 N–H and O–H groups in total. The molecule has 0 saturated carbocycles. The van der Waals surface area contributed by atoms with Crippen LogP contribution < -0.4 is 27.4 Å². The van der Waals surface area contributed by atoms with E-state index in [0.29, 0.717) is 5.56 Å². The van der Waals surface area contributed by atoms with Gasteiger partial charge in [0.1, 0.15) is 23.9 Å². The summed E-state index contributed by atoms with van der Waals surface area (Å²) in [6.07, 6.45) is -0.564. The molecule has 0 aliphatic rings. The van der Waals surface area contributed by atoms with Crippen LogP contribution in [0.15, 0.2) is 24.3 Å². The fourth-order valence-electron chi connectivity index (χ4n) is 2.72. The SMILES string of the molecule is NC(=O)CCC(NC(=O)C(N)CS)C(=O)NC(Cc1ccc(O)cc1)C(=O)NC(CO)C(=O)O. The Hall–Kier alpha value is -3.36. The average Bonchev–Trinajstić information content (AvgIpc) is 2.79. The minimum atomic E-state index is -1.62. The molecule has 4 atom stereocenters. The molecule has 0 fully saturated rings. The number of phenols is 1. The van der Waals surface area contributed by atoms with E-state index in [-0.39, 0.29) is 30.8 Å². The number of aliphatic hydroxyl groups is 1. The Morgan fingerprint density at radius 3 is 1.94 bits per heavy atom. The second-order valence-electron chi connectivity index (χ2n) is 7.37. The number of phenolic OH excluding ortho intramolecular Hbond substituents is 1. The minimum absolute atomic E-state index is 0.0143. The van der Waals surface area contributed by atoms with E-state index >= 15 is 0 Å². The van der Waals surface area contributed by atoms with Crippen LogP contribution in [-0.2, 0) is 30.4 Å². The summed E-state index contributed by atoms with van der Waals surface area (Å²) in [4.78, 5) is 60.2. The van der Waals surface area contributed by atoms with E-state index in [1.54, 1.807) is 0 Å². The Labute approximate surface area is 200 Å². The van der Waals surface area contributed by atoms with Crippen molar-refractivity contribution in [2.75, 3.05) is 12.4 Å². The van der Waals surface area contributed by atoms with Crippen molar-refractivity contribution in [3.05, 3.63) is 29.8 Å². The fraction of sp³-hybridized carbons (Fsp3) is 0.450. The largest absolute Gasteiger partial charge is 0.508 e. The lowest BCUT2D eigenvalue weighted by Crippen LogP contribution is -2.58. The lowest BCUT2D eigenvalue weighted by atomic mass is 10.0. The van der Waals surface area contributed by atoms with Gasteiger partial charge in [0.25, 0.3) is 0 Å². The molecule has 0 aromatic heterocycles. The number of rotatable bonds is 14. The number of nitrogens with one attached hydrogen (secondary N) is 3. The molecule has 1 rings (SSSR count). The second kappa shape index (κ2) is 14.0. The molecular formula is C20H29N5O8S. The first kappa shape index (κ1) is 28.7. The number of thiol groups is 1. The predicted molar refractivity (Wildman–Crippen MR) is 123 cm³/mol. The summed E-state index contributed by atoms with van der Waals surface area (Å²) in [5, 5.41) is 34.6. The van der Waals surface area contributed by atoms with Crippen molar-refractivity contribution in [3.63, 3.8) is 0 Å². The Morgan fingerprint density at radius 2 is 1.44 bits per heavy atom. The standard InChI is InChI=1S/C20H29N5O8S/c21-12(9-34)17(29)23-13(5-6-16(22)28)18(30)24-14(7-10-1-3-11(27)4-2-10)19(31)25-15(8-26)20(32)33/h1-4,12-15,26-27,34H,5-9,21H2,(H2,22,28)(H,23,29)(H,24,30)(H,25,31)(H,32,33). The van der Waals surface area contributed by atoms with Crippen LogP contribution in [0.4, 0.5) is 0 Å². The van der Waals surface area contributed by atoms with E-state index in [0.717, 1.165) is 0 Å². The summed E-state index contributed by atoms with van der Waals surface area (Å²) < 4.78 is 0. The van der Waals surface area contributed by atoms with Crippen molar-refractivity contribution in [2.24, 2.45) is 11.5 Å². The van der Waals surface area contributed by atoms with Gasteiger partial charge >= 0.3 is 5.97 Å². The molecule has 0 radical (unpaired) electrons. The summed E-state index contributed by atoms with van der Waals surface area (Å²) >= 11 is 3.92. The van der Waals surface area contributed by atoms with Crippen LogP contribution in [0.5, 0.6) is 5.75 Å². The van der Waals surface area contributed by atoms with Crippen LogP contribution >= 0.6 is 12.6 Å². The maximum Gasteiger partial charge on any atom is 0.328 e. The number of primary amides is 1. The average molecular weight is 500 g/mol. The third kappa shape index (κ3) is 9.64. The summed E-state index contributed by atoms with van der Waals surface area (Å²) in [7, 11) is 0. The monoisotopic (exact) mass is 499 g/mol. The molecule has 0 aliphatic heterocycles. The fourth-order valence-corrected chi connectivity index (χ4v) is 2.89. The van der Waals surface area contributed by atoms with Gasteiger partial charge in [0.05, 0.1) is 12.6 Å². The highest BCUT2D eigenvalue weighted by atomic mass is 32.1.